The maximum Gasteiger partial charge on any atom is 0.270 e. The first-order valence-electron chi connectivity index (χ1n) is 12.9. The number of rotatable bonds is 5. The second-order valence-corrected chi connectivity index (χ2v) is 11.0. The zero-order valence-electron chi connectivity index (χ0n) is 22.1. The molecule has 0 heterocycles. The van der Waals surface area contributed by atoms with Gasteiger partial charge in [-0.2, -0.15) is 0 Å². The van der Waals surface area contributed by atoms with Gasteiger partial charge in [-0.3, -0.25) is 39.0 Å². The molecule has 0 saturated heterocycles. The van der Waals surface area contributed by atoms with Crippen LogP contribution < -0.4 is 5.73 Å². The van der Waals surface area contributed by atoms with Crippen molar-refractivity contribution in [2.45, 2.75) is 24.5 Å². The van der Waals surface area contributed by atoms with E-state index >= 15 is 0 Å². The number of carbonyl (C=O) groups excluding carboxylic acids is 5. The molecule has 3 aliphatic rings. The Balaban J connectivity index is 1.58. The summed E-state index contributed by atoms with van der Waals surface area (Å²) in [5, 5.41) is 33.4. The molecule has 0 bridgehead atoms. The van der Waals surface area contributed by atoms with E-state index in [9.17, 15) is 44.3 Å². The van der Waals surface area contributed by atoms with Crippen molar-refractivity contribution in [2.75, 3.05) is 14.1 Å². The Morgan fingerprint density at radius 3 is 2.46 bits per heavy atom. The summed E-state index contributed by atoms with van der Waals surface area (Å²) in [6.07, 6.45) is 3.30. The molecule has 1 amide bonds. The van der Waals surface area contributed by atoms with Crippen LogP contribution in [-0.2, 0) is 25.6 Å². The second-order valence-electron chi connectivity index (χ2n) is 11.0. The number of nitro groups is 1. The van der Waals surface area contributed by atoms with Crippen LogP contribution in [0.15, 0.2) is 36.4 Å². The number of amides is 1. The third-order valence-corrected chi connectivity index (χ3v) is 8.52. The standard InChI is InChI=1S/C29H27N3O9/c1-31(2)23-18-12-15-11-17-14(7-6-13-4-3-5-16(10-13)32(40)41)8-9-19(33)21(17)24(34)20(15)26(36)29(18,39)27(37)22(25(23)35)28(30)38/h3-10,15,18,20,22-23,33,39H,11-12H2,1-2H3,(H2,30,38)/t15-,18-,20?,22?,23-,29-/m0/s1. The molecule has 4 N–H and O–H groups in total. The lowest BCUT2D eigenvalue weighted by Crippen LogP contribution is -2.74. The monoisotopic (exact) mass is 561 g/mol. The summed E-state index contributed by atoms with van der Waals surface area (Å²) in [6, 6.07) is 7.60. The average molecular weight is 562 g/mol. The molecule has 212 valence electrons. The number of hydrogen-bond donors (Lipinski definition) is 3. The molecule has 0 aromatic heterocycles. The number of carbonyl (C=O) groups is 5. The van der Waals surface area contributed by atoms with Gasteiger partial charge in [-0.05, 0) is 55.6 Å². The molecule has 2 unspecified atom stereocenters. The number of benzene rings is 2. The van der Waals surface area contributed by atoms with Gasteiger partial charge in [0.05, 0.1) is 22.4 Å². The molecule has 41 heavy (non-hydrogen) atoms. The highest BCUT2D eigenvalue weighted by Crippen LogP contribution is 2.51. The number of Topliss-reactive ketones (excluding diaryl/α,β-unsaturated/α-hetero) is 4. The quantitative estimate of drug-likeness (QED) is 0.204. The van der Waals surface area contributed by atoms with Crippen LogP contribution >= 0.6 is 0 Å². The number of fused-ring (bicyclic) bond motifs is 3. The minimum Gasteiger partial charge on any atom is -0.507 e. The molecule has 0 aliphatic heterocycles. The maximum atomic E-state index is 13.9. The first-order chi connectivity index (χ1) is 19.3. The van der Waals surface area contributed by atoms with Crippen LogP contribution in [0.25, 0.3) is 12.2 Å². The Bertz CT molecular complexity index is 1580. The largest absolute Gasteiger partial charge is 0.507 e. The summed E-state index contributed by atoms with van der Waals surface area (Å²) >= 11 is 0. The van der Waals surface area contributed by atoms with Gasteiger partial charge in [0.25, 0.3) is 5.69 Å². The summed E-state index contributed by atoms with van der Waals surface area (Å²) in [4.78, 5) is 78.3. The predicted molar refractivity (Wildman–Crippen MR) is 143 cm³/mol. The lowest BCUT2D eigenvalue weighted by molar-refractivity contribution is -0.384. The molecular weight excluding hydrogens is 534 g/mol. The Hall–Kier alpha value is -4.55. The minimum atomic E-state index is -2.79. The molecule has 12 heteroatoms. The number of non-ortho nitro benzene ring substituents is 1. The van der Waals surface area contributed by atoms with Crippen LogP contribution in [0.2, 0.25) is 0 Å². The highest BCUT2D eigenvalue weighted by Gasteiger charge is 2.69. The number of hydrogen-bond acceptors (Lipinski definition) is 10. The van der Waals surface area contributed by atoms with Gasteiger partial charge < -0.3 is 15.9 Å². The van der Waals surface area contributed by atoms with Crippen molar-refractivity contribution >= 4 is 46.9 Å². The van der Waals surface area contributed by atoms with Crippen LogP contribution in [0.3, 0.4) is 0 Å². The molecule has 2 fully saturated rings. The van der Waals surface area contributed by atoms with Gasteiger partial charge in [-0.1, -0.05) is 30.4 Å². The van der Waals surface area contributed by atoms with Gasteiger partial charge in [-0.25, -0.2) is 0 Å². The Kier molecular flexibility index (Phi) is 6.71. The van der Waals surface area contributed by atoms with Crippen LogP contribution in [0.5, 0.6) is 5.75 Å². The van der Waals surface area contributed by atoms with E-state index in [0.717, 1.165) is 0 Å². The molecule has 2 aromatic rings. The zero-order chi connectivity index (χ0) is 30.0. The van der Waals surface area contributed by atoms with Crippen LogP contribution in [-0.4, -0.2) is 74.8 Å². The Morgan fingerprint density at radius 1 is 1.12 bits per heavy atom. The van der Waals surface area contributed by atoms with E-state index in [0.29, 0.717) is 16.7 Å². The zero-order valence-corrected chi connectivity index (χ0v) is 22.1. The smallest absolute Gasteiger partial charge is 0.270 e. The van der Waals surface area contributed by atoms with E-state index in [1.165, 1.54) is 43.3 Å². The van der Waals surface area contributed by atoms with Crippen LogP contribution in [0, 0.1) is 33.8 Å². The molecule has 0 radical (unpaired) electrons. The number of primary amides is 1. The van der Waals surface area contributed by atoms with Crippen LogP contribution in [0.1, 0.15) is 33.5 Å². The first kappa shape index (κ1) is 28.0. The lowest BCUT2D eigenvalue weighted by atomic mass is 9.52. The molecule has 12 nitrogen and oxygen atoms in total. The summed E-state index contributed by atoms with van der Waals surface area (Å²) in [5.41, 5.74) is 3.80. The third kappa shape index (κ3) is 4.18. The predicted octanol–water partition coefficient (Wildman–Crippen LogP) is 0.946. The van der Waals surface area contributed by atoms with Gasteiger partial charge in [0.1, 0.15) is 5.75 Å². The molecule has 3 aliphatic carbocycles. The molecule has 2 saturated carbocycles. The van der Waals surface area contributed by atoms with E-state index in [-0.39, 0.29) is 29.8 Å². The number of likely N-dealkylation sites (N-methyl/N-ethyl adjacent to an activating group) is 1. The number of nitro benzene ring substituents is 1. The Morgan fingerprint density at radius 2 is 1.83 bits per heavy atom. The third-order valence-electron chi connectivity index (χ3n) is 8.52. The van der Waals surface area contributed by atoms with Crippen molar-refractivity contribution in [3.8, 4) is 5.75 Å². The average Bonchev–Trinajstić information content (AvgIpc) is 2.90. The number of aromatic hydroxyl groups is 1. The van der Waals surface area contributed by atoms with E-state index in [4.69, 9.17) is 5.73 Å². The van der Waals surface area contributed by atoms with Crippen LogP contribution in [0.4, 0.5) is 5.69 Å². The van der Waals surface area contributed by atoms with Gasteiger partial charge in [0, 0.05) is 18.1 Å². The van der Waals surface area contributed by atoms with Gasteiger partial charge in [0.15, 0.2) is 34.7 Å². The number of nitrogens with two attached hydrogens (primary N) is 1. The van der Waals surface area contributed by atoms with Crippen molar-refractivity contribution in [1.29, 1.82) is 0 Å². The highest BCUT2D eigenvalue weighted by atomic mass is 16.6. The summed E-state index contributed by atoms with van der Waals surface area (Å²) in [5.74, 6) is -11.2. The number of nitrogens with zero attached hydrogens (tertiary/aromatic N) is 2. The van der Waals surface area contributed by atoms with Crippen molar-refractivity contribution in [3.05, 3.63) is 68.8 Å². The molecule has 2 aromatic carbocycles. The molecule has 6 atom stereocenters. The fraction of sp³-hybridized carbons (Fsp3) is 0.345. The van der Waals surface area contributed by atoms with Gasteiger partial charge in [-0.15, -0.1) is 0 Å². The normalized spacial score (nSPS) is 29.3. The van der Waals surface area contributed by atoms with Gasteiger partial charge in [0.2, 0.25) is 5.91 Å². The fourth-order valence-electron chi connectivity index (χ4n) is 6.71. The van der Waals surface area contributed by atoms with E-state index < -0.39 is 69.3 Å². The topological polar surface area (TPSA) is 198 Å². The lowest BCUT2D eigenvalue weighted by Gasteiger charge is -2.52. The SMILES string of the molecule is CN(C)[C@@H]1C(=O)C(C(N)=O)C(=O)[C@@]2(O)C(=O)C3C(=O)c4c(O)ccc(C=Cc5cccc([N+](=O)[O-])c5)c4C[C@H]3C[C@@H]12. The Labute approximate surface area is 233 Å². The molecule has 5 rings (SSSR count). The first-order valence-corrected chi connectivity index (χ1v) is 12.9. The minimum absolute atomic E-state index is 0.0619. The number of phenols is 1. The van der Waals surface area contributed by atoms with Gasteiger partial charge >= 0.3 is 0 Å². The maximum absolute atomic E-state index is 13.9. The van der Waals surface area contributed by atoms with Crippen molar-refractivity contribution in [3.63, 3.8) is 0 Å². The van der Waals surface area contributed by atoms with Crippen molar-refractivity contribution in [2.24, 2.45) is 29.4 Å². The second kappa shape index (κ2) is 9.82. The molecule has 0 spiro atoms. The van der Waals surface area contributed by atoms with E-state index in [1.54, 1.807) is 24.3 Å². The fourth-order valence-corrected chi connectivity index (χ4v) is 6.71. The number of aliphatic hydroxyl groups is 1. The number of phenolic OH excluding ortho intramolecular Hbond substituents is 1. The van der Waals surface area contributed by atoms with E-state index in [2.05, 4.69) is 0 Å². The summed E-state index contributed by atoms with van der Waals surface area (Å²) in [7, 11) is 3.03. The van der Waals surface area contributed by atoms with E-state index in [1.807, 2.05) is 0 Å². The van der Waals surface area contributed by atoms with Crippen molar-refractivity contribution < 1.29 is 39.1 Å². The molecular formula is C29H27N3O9. The number of ketones is 4. The summed E-state index contributed by atoms with van der Waals surface area (Å²) in [6.45, 7) is 0. The summed E-state index contributed by atoms with van der Waals surface area (Å²) < 4.78 is 0. The highest BCUT2D eigenvalue weighted by molar-refractivity contribution is 6.32. The van der Waals surface area contributed by atoms with Crippen molar-refractivity contribution in [1.82, 2.24) is 4.90 Å².